The predicted molar refractivity (Wildman–Crippen MR) is 73.6 cm³/mol. The van der Waals surface area contributed by atoms with Crippen LogP contribution in [0.15, 0.2) is 22.7 Å². The van der Waals surface area contributed by atoms with Gasteiger partial charge in [-0.25, -0.2) is 4.39 Å². The molecule has 0 aliphatic heterocycles. The third kappa shape index (κ3) is 5.61. The van der Waals surface area contributed by atoms with Crippen molar-refractivity contribution >= 4 is 15.9 Å². The largest absolute Gasteiger partial charge is 0.311 e. The smallest absolute Gasteiger partial charge is 0.128 e. The molecule has 0 aromatic heterocycles. The van der Waals surface area contributed by atoms with Crippen LogP contribution in [0.5, 0.6) is 0 Å². The molecule has 1 aromatic carbocycles. The van der Waals surface area contributed by atoms with E-state index in [-0.39, 0.29) is 11.4 Å². The van der Waals surface area contributed by atoms with Gasteiger partial charge in [0, 0.05) is 35.2 Å². The van der Waals surface area contributed by atoms with Gasteiger partial charge in [0.2, 0.25) is 0 Å². The second-order valence-electron chi connectivity index (χ2n) is 5.05. The molecule has 0 amide bonds. The first-order chi connectivity index (χ1) is 7.90. The van der Waals surface area contributed by atoms with Gasteiger partial charge in [0.1, 0.15) is 5.82 Å². The van der Waals surface area contributed by atoms with E-state index in [4.69, 9.17) is 0 Å². The van der Waals surface area contributed by atoms with E-state index in [9.17, 15) is 4.39 Å². The highest BCUT2D eigenvalue weighted by Crippen LogP contribution is 2.18. The second kappa shape index (κ2) is 6.47. The van der Waals surface area contributed by atoms with E-state index in [1.54, 1.807) is 6.07 Å². The van der Waals surface area contributed by atoms with E-state index in [1.165, 1.54) is 6.07 Å². The zero-order valence-corrected chi connectivity index (χ0v) is 12.2. The van der Waals surface area contributed by atoms with E-state index in [1.807, 2.05) is 6.07 Å². The molecule has 2 N–H and O–H groups in total. The van der Waals surface area contributed by atoms with Crippen LogP contribution in [0.25, 0.3) is 0 Å². The summed E-state index contributed by atoms with van der Waals surface area (Å²) < 4.78 is 14.3. The van der Waals surface area contributed by atoms with Crippen LogP contribution in [0.2, 0.25) is 0 Å². The van der Waals surface area contributed by atoms with E-state index in [0.717, 1.165) is 17.6 Å². The Hall–Kier alpha value is -0.450. The predicted octanol–water partition coefficient (Wildman–Crippen LogP) is 3.07. The van der Waals surface area contributed by atoms with Crippen molar-refractivity contribution in [2.24, 2.45) is 0 Å². The highest BCUT2D eigenvalue weighted by atomic mass is 79.9. The zero-order chi connectivity index (χ0) is 12.9. The molecule has 1 rings (SSSR count). The average Bonchev–Trinajstić information content (AvgIpc) is 2.20. The molecule has 1 aromatic rings. The molecule has 0 heterocycles. The molecule has 96 valence electrons. The summed E-state index contributed by atoms with van der Waals surface area (Å²) in [7, 11) is 0. The monoisotopic (exact) mass is 302 g/mol. The van der Waals surface area contributed by atoms with Gasteiger partial charge in [-0.2, -0.15) is 0 Å². The minimum absolute atomic E-state index is 0.125. The third-order valence-corrected chi connectivity index (χ3v) is 3.06. The summed E-state index contributed by atoms with van der Waals surface area (Å²) in [6.07, 6.45) is 0. The fourth-order valence-electron chi connectivity index (χ4n) is 1.44. The highest BCUT2D eigenvalue weighted by Gasteiger charge is 2.08. The molecule has 0 aliphatic rings. The van der Waals surface area contributed by atoms with Crippen LogP contribution in [-0.4, -0.2) is 18.6 Å². The van der Waals surface area contributed by atoms with Crippen molar-refractivity contribution in [2.75, 3.05) is 13.1 Å². The summed E-state index contributed by atoms with van der Waals surface area (Å²) in [6.45, 7) is 8.61. The van der Waals surface area contributed by atoms with Gasteiger partial charge < -0.3 is 10.6 Å². The number of nitrogens with one attached hydrogen (secondary N) is 2. The molecule has 0 unspecified atom stereocenters. The first-order valence-electron chi connectivity index (χ1n) is 5.79. The molecule has 0 saturated carbocycles. The topological polar surface area (TPSA) is 24.1 Å². The molecule has 0 spiro atoms. The normalized spacial score (nSPS) is 11.8. The van der Waals surface area contributed by atoms with Gasteiger partial charge in [0.25, 0.3) is 0 Å². The van der Waals surface area contributed by atoms with Crippen molar-refractivity contribution in [3.63, 3.8) is 0 Å². The maximum Gasteiger partial charge on any atom is 0.128 e. The molecular weight excluding hydrogens is 283 g/mol. The van der Waals surface area contributed by atoms with Gasteiger partial charge in [-0.15, -0.1) is 0 Å². The molecular formula is C13H20BrFN2. The van der Waals surface area contributed by atoms with Gasteiger partial charge in [-0.05, 0) is 32.9 Å². The number of rotatable bonds is 5. The van der Waals surface area contributed by atoms with Crippen molar-refractivity contribution in [2.45, 2.75) is 32.9 Å². The fraction of sp³-hybridized carbons (Fsp3) is 0.538. The quantitative estimate of drug-likeness (QED) is 0.817. The van der Waals surface area contributed by atoms with Gasteiger partial charge >= 0.3 is 0 Å². The molecule has 0 saturated heterocycles. The van der Waals surface area contributed by atoms with Crippen LogP contribution >= 0.6 is 15.9 Å². The molecule has 17 heavy (non-hydrogen) atoms. The van der Waals surface area contributed by atoms with E-state index in [2.05, 4.69) is 47.3 Å². The molecule has 0 aliphatic carbocycles. The summed E-state index contributed by atoms with van der Waals surface area (Å²) in [5.74, 6) is -0.171. The Kier molecular flexibility index (Phi) is 5.56. The minimum Gasteiger partial charge on any atom is -0.311 e. The van der Waals surface area contributed by atoms with Crippen LogP contribution in [0.3, 0.4) is 0 Å². The SMILES string of the molecule is CC(C)(C)NCCNCc1c(F)cccc1Br. The minimum atomic E-state index is -0.171. The number of hydrogen-bond acceptors (Lipinski definition) is 2. The Labute approximate surface area is 111 Å². The number of hydrogen-bond donors (Lipinski definition) is 2. The van der Waals surface area contributed by atoms with Gasteiger partial charge in [-0.1, -0.05) is 22.0 Å². The van der Waals surface area contributed by atoms with Crippen molar-refractivity contribution in [3.05, 3.63) is 34.1 Å². The second-order valence-corrected chi connectivity index (χ2v) is 5.91. The molecule has 0 fully saturated rings. The van der Waals surface area contributed by atoms with Gasteiger partial charge in [-0.3, -0.25) is 0 Å². The Balaban J connectivity index is 2.32. The summed E-state index contributed by atoms with van der Waals surface area (Å²) in [5.41, 5.74) is 0.809. The average molecular weight is 303 g/mol. The standard InChI is InChI=1S/C13H20BrFN2/c1-13(2,3)17-8-7-16-9-10-11(14)5-4-6-12(10)15/h4-6,16-17H,7-9H2,1-3H3. The summed E-state index contributed by atoms with van der Waals surface area (Å²) in [4.78, 5) is 0. The summed E-state index contributed by atoms with van der Waals surface area (Å²) >= 11 is 3.35. The van der Waals surface area contributed by atoms with Gasteiger partial charge in [0.15, 0.2) is 0 Å². The highest BCUT2D eigenvalue weighted by molar-refractivity contribution is 9.10. The van der Waals surface area contributed by atoms with Crippen molar-refractivity contribution in [1.82, 2.24) is 10.6 Å². The fourth-order valence-corrected chi connectivity index (χ4v) is 1.92. The van der Waals surface area contributed by atoms with Crippen LogP contribution in [-0.2, 0) is 6.54 Å². The van der Waals surface area contributed by atoms with Crippen molar-refractivity contribution in [3.8, 4) is 0 Å². The van der Waals surface area contributed by atoms with Crippen molar-refractivity contribution in [1.29, 1.82) is 0 Å². The molecule has 2 nitrogen and oxygen atoms in total. The Morgan fingerprint density at radius 1 is 1.24 bits per heavy atom. The molecule has 0 bridgehead atoms. The Bertz CT molecular complexity index is 341. The maximum atomic E-state index is 13.5. The first kappa shape index (κ1) is 14.6. The van der Waals surface area contributed by atoms with Gasteiger partial charge in [0.05, 0.1) is 0 Å². The molecule has 0 radical (unpaired) electrons. The lowest BCUT2D eigenvalue weighted by Crippen LogP contribution is -2.40. The molecule has 4 heteroatoms. The van der Waals surface area contributed by atoms with Crippen LogP contribution in [0.1, 0.15) is 26.3 Å². The lowest BCUT2D eigenvalue weighted by molar-refractivity contribution is 0.420. The van der Waals surface area contributed by atoms with E-state index in [0.29, 0.717) is 12.1 Å². The summed E-state index contributed by atoms with van der Waals surface area (Å²) in [6, 6.07) is 5.03. The van der Waals surface area contributed by atoms with Crippen LogP contribution in [0, 0.1) is 5.82 Å². The lowest BCUT2D eigenvalue weighted by Gasteiger charge is -2.20. The van der Waals surface area contributed by atoms with Crippen molar-refractivity contribution < 1.29 is 4.39 Å². The Morgan fingerprint density at radius 2 is 1.94 bits per heavy atom. The zero-order valence-electron chi connectivity index (χ0n) is 10.6. The lowest BCUT2D eigenvalue weighted by atomic mass is 10.1. The maximum absolute atomic E-state index is 13.5. The van der Waals surface area contributed by atoms with E-state index < -0.39 is 0 Å². The Morgan fingerprint density at radius 3 is 2.53 bits per heavy atom. The first-order valence-corrected chi connectivity index (χ1v) is 6.58. The number of halogens is 2. The van der Waals surface area contributed by atoms with Crippen LogP contribution < -0.4 is 10.6 Å². The summed E-state index contributed by atoms with van der Waals surface area (Å²) in [5, 5.41) is 6.59. The number of benzene rings is 1. The molecule has 0 atom stereocenters. The van der Waals surface area contributed by atoms with Crippen LogP contribution in [0.4, 0.5) is 4.39 Å². The van der Waals surface area contributed by atoms with E-state index >= 15 is 0 Å². The third-order valence-electron chi connectivity index (χ3n) is 2.32.